The third-order valence-corrected chi connectivity index (χ3v) is 9.12. The van der Waals surface area contributed by atoms with Crippen LogP contribution in [0.1, 0.15) is 82.3 Å². The zero-order valence-corrected chi connectivity index (χ0v) is 17.7. The molecule has 3 nitrogen and oxygen atoms in total. The zero-order valence-electron chi connectivity index (χ0n) is 16.9. The molecule has 1 N–H and O–H groups in total. The molecule has 5 aliphatic rings. The van der Waals surface area contributed by atoms with Gasteiger partial charge in [-0.15, -0.1) is 11.6 Å². The lowest BCUT2D eigenvalue weighted by Crippen LogP contribution is -2.53. The predicted molar refractivity (Wildman–Crippen MR) is 111 cm³/mol. The second-order valence-electron chi connectivity index (χ2n) is 9.97. The van der Waals surface area contributed by atoms with Gasteiger partial charge < -0.3 is 10.1 Å². The highest BCUT2D eigenvalue weighted by atomic mass is 35.5. The van der Waals surface area contributed by atoms with Gasteiger partial charge in [0.25, 0.3) is 0 Å². The smallest absolute Gasteiger partial charge is 0.226 e. The van der Waals surface area contributed by atoms with E-state index in [1.165, 1.54) is 11.1 Å². The minimum Gasteiger partial charge on any atom is -0.366 e. The Morgan fingerprint density at radius 1 is 1.07 bits per heavy atom. The molecule has 1 spiro atoms. The minimum absolute atomic E-state index is 0.0110. The average molecular weight is 402 g/mol. The first kappa shape index (κ1) is 18.9. The maximum atomic E-state index is 13.2. The number of hydrogen-bond donors (Lipinski definition) is 1. The van der Waals surface area contributed by atoms with Crippen LogP contribution in [0.5, 0.6) is 0 Å². The van der Waals surface area contributed by atoms with E-state index in [0.717, 1.165) is 70.8 Å². The van der Waals surface area contributed by atoms with E-state index < -0.39 is 0 Å². The molecule has 1 unspecified atom stereocenters. The van der Waals surface area contributed by atoms with Crippen molar-refractivity contribution >= 4 is 17.5 Å². The second-order valence-corrected chi connectivity index (χ2v) is 10.8. The van der Waals surface area contributed by atoms with Crippen molar-refractivity contribution in [3.05, 3.63) is 35.4 Å². The van der Waals surface area contributed by atoms with Crippen molar-refractivity contribution in [1.29, 1.82) is 0 Å². The molecule has 4 fully saturated rings. The number of fused-ring (bicyclic) bond motifs is 5. The minimum atomic E-state index is -0.145. The lowest BCUT2D eigenvalue weighted by atomic mass is 9.59. The first-order valence-corrected chi connectivity index (χ1v) is 11.5. The van der Waals surface area contributed by atoms with E-state index in [0.29, 0.717) is 11.8 Å². The van der Waals surface area contributed by atoms with Crippen LogP contribution < -0.4 is 5.32 Å². The maximum Gasteiger partial charge on any atom is 0.226 e. The predicted octanol–water partition coefficient (Wildman–Crippen LogP) is 5.44. The van der Waals surface area contributed by atoms with Crippen LogP contribution in [0.15, 0.2) is 24.3 Å². The molecule has 1 aliphatic heterocycles. The van der Waals surface area contributed by atoms with E-state index >= 15 is 0 Å². The molecule has 2 bridgehead atoms. The molecule has 1 amide bonds. The maximum absolute atomic E-state index is 13.2. The molecular formula is C24H32ClNO2. The zero-order chi connectivity index (χ0) is 19.4. The highest BCUT2D eigenvalue weighted by Gasteiger charge is 2.52. The van der Waals surface area contributed by atoms with Gasteiger partial charge in [-0.1, -0.05) is 24.3 Å². The molecule has 28 heavy (non-hydrogen) atoms. The molecule has 4 heteroatoms. The number of halogens is 1. The number of ether oxygens (including phenoxy) is 1. The van der Waals surface area contributed by atoms with Gasteiger partial charge in [-0.2, -0.15) is 0 Å². The summed E-state index contributed by atoms with van der Waals surface area (Å²) in [7, 11) is 0. The summed E-state index contributed by atoms with van der Waals surface area (Å²) in [6.07, 6.45) is 10.3. The van der Waals surface area contributed by atoms with Gasteiger partial charge in [-0.25, -0.2) is 0 Å². The number of carbonyl (C=O) groups is 1. The summed E-state index contributed by atoms with van der Waals surface area (Å²) in [6, 6.07) is 8.92. The van der Waals surface area contributed by atoms with Crippen molar-refractivity contribution in [3.63, 3.8) is 0 Å². The van der Waals surface area contributed by atoms with Gasteiger partial charge in [0, 0.05) is 16.3 Å². The molecule has 1 aromatic carbocycles. The molecule has 6 rings (SSSR count). The van der Waals surface area contributed by atoms with E-state index in [1.54, 1.807) is 0 Å². The monoisotopic (exact) mass is 401 g/mol. The van der Waals surface area contributed by atoms with Crippen LogP contribution in [0.2, 0.25) is 0 Å². The number of nitrogens with one attached hydrogen (secondary N) is 1. The number of rotatable bonds is 3. The fraction of sp³-hybridized carbons (Fsp3) is 0.708. The van der Waals surface area contributed by atoms with Crippen LogP contribution in [0.3, 0.4) is 0 Å². The fourth-order valence-electron chi connectivity index (χ4n) is 6.36. The Balaban J connectivity index is 1.20. The van der Waals surface area contributed by atoms with Gasteiger partial charge in [-0.3, -0.25) is 4.79 Å². The standard InChI is InChI=1S/C24H32ClNO2/c1-17(26-21(27)22-10-13-23(25,14-11-22)15-12-22)18-6-8-24(9-7-18)20-5-3-2-4-19(20)16-28-24/h2-5,17-18H,6-16H2,1H3,(H,26,27)/t17?,18-,22?,23?,24+. The first-order chi connectivity index (χ1) is 13.4. The summed E-state index contributed by atoms with van der Waals surface area (Å²) in [4.78, 5) is 13.2. The van der Waals surface area contributed by atoms with Crippen LogP contribution in [-0.2, 0) is 21.7 Å². The summed E-state index contributed by atoms with van der Waals surface area (Å²) in [5, 5.41) is 3.42. The second kappa shape index (κ2) is 6.74. The molecule has 152 valence electrons. The van der Waals surface area contributed by atoms with Gasteiger partial charge in [0.2, 0.25) is 5.91 Å². The quantitative estimate of drug-likeness (QED) is 0.685. The van der Waals surface area contributed by atoms with Crippen molar-refractivity contribution in [3.8, 4) is 0 Å². The van der Waals surface area contributed by atoms with Crippen molar-refractivity contribution in [2.75, 3.05) is 0 Å². The molecule has 4 saturated carbocycles. The lowest BCUT2D eigenvalue weighted by Gasteiger charge is -2.50. The molecule has 0 aromatic heterocycles. The Morgan fingerprint density at radius 3 is 2.39 bits per heavy atom. The van der Waals surface area contributed by atoms with E-state index in [2.05, 4.69) is 36.5 Å². The topological polar surface area (TPSA) is 38.3 Å². The van der Waals surface area contributed by atoms with Crippen molar-refractivity contribution < 1.29 is 9.53 Å². The van der Waals surface area contributed by atoms with Gasteiger partial charge in [0.05, 0.1) is 12.2 Å². The fourth-order valence-corrected chi connectivity index (χ4v) is 6.65. The van der Waals surface area contributed by atoms with Crippen LogP contribution in [-0.4, -0.2) is 16.8 Å². The van der Waals surface area contributed by atoms with Crippen LogP contribution in [0.25, 0.3) is 0 Å². The SMILES string of the molecule is CC(NC(=O)C12CCC(Cl)(CC1)CC2)[C@H]1CC[C@]2(CC1)OCc1ccccc12. The van der Waals surface area contributed by atoms with Gasteiger partial charge in [0.1, 0.15) is 0 Å². The van der Waals surface area contributed by atoms with Gasteiger partial charge in [-0.05, 0) is 88.2 Å². The molecule has 4 aliphatic carbocycles. The summed E-state index contributed by atoms with van der Waals surface area (Å²) >= 11 is 6.64. The van der Waals surface area contributed by atoms with E-state index in [9.17, 15) is 4.79 Å². The molecular weight excluding hydrogens is 370 g/mol. The molecule has 1 heterocycles. The average Bonchev–Trinajstić information content (AvgIpc) is 3.08. The number of benzene rings is 1. The van der Waals surface area contributed by atoms with Crippen LogP contribution in [0, 0.1) is 11.3 Å². The molecule has 1 aromatic rings. The Morgan fingerprint density at radius 2 is 1.71 bits per heavy atom. The largest absolute Gasteiger partial charge is 0.366 e. The Kier molecular flexibility index (Phi) is 4.56. The number of alkyl halides is 1. The Hall–Kier alpha value is -1.06. The first-order valence-electron chi connectivity index (χ1n) is 11.2. The third-order valence-electron chi connectivity index (χ3n) is 8.55. The van der Waals surface area contributed by atoms with Crippen LogP contribution >= 0.6 is 11.6 Å². The Bertz CT molecular complexity index is 743. The number of amides is 1. The van der Waals surface area contributed by atoms with Gasteiger partial charge >= 0.3 is 0 Å². The molecule has 1 atom stereocenters. The van der Waals surface area contributed by atoms with Crippen molar-refractivity contribution in [2.45, 2.75) is 94.3 Å². The van der Waals surface area contributed by atoms with E-state index in [1.807, 2.05) is 0 Å². The summed E-state index contributed by atoms with van der Waals surface area (Å²) in [5.41, 5.74) is 2.53. The van der Waals surface area contributed by atoms with Crippen molar-refractivity contribution in [2.24, 2.45) is 11.3 Å². The molecule has 0 radical (unpaired) electrons. The molecule has 0 saturated heterocycles. The lowest BCUT2D eigenvalue weighted by molar-refractivity contribution is -0.137. The summed E-state index contributed by atoms with van der Waals surface area (Å²) < 4.78 is 6.30. The van der Waals surface area contributed by atoms with Crippen LogP contribution in [0.4, 0.5) is 0 Å². The highest BCUT2D eigenvalue weighted by molar-refractivity contribution is 6.24. The summed E-state index contributed by atoms with van der Waals surface area (Å²) in [6.45, 7) is 2.95. The number of carbonyl (C=O) groups excluding carboxylic acids is 1. The highest BCUT2D eigenvalue weighted by Crippen LogP contribution is 2.55. The Labute approximate surface area is 173 Å². The third kappa shape index (κ3) is 3.01. The van der Waals surface area contributed by atoms with E-state index in [-0.39, 0.29) is 21.9 Å². The van der Waals surface area contributed by atoms with Crippen molar-refractivity contribution in [1.82, 2.24) is 5.32 Å². The summed E-state index contributed by atoms with van der Waals surface area (Å²) in [5.74, 6) is 0.836. The van der Waals surface area contributed by atoms with Gasteiger partial charge in [0.15, 0.2) is 0 Å². The normalized spacial score (nSPS) is 40.3. The van der Waals surface area contributed by atoms with E-state index in [4.69, 9.17) is 16.3 Å². The number of hydrogen-bond acceptors (Lipinski definition) is 2.